The Morgan fingerprint density at radius 1 is 1.55 bits per heavy atom. The number of hydrogen-bond donors (Lipinski definition) is 1. The highest BCUT2D eigenvalue weighted by molar-refractivity contribution is 7.98. The quantitative estimate of drug-likeness (QED) is 0.797. The molecular formula is C15H21N3OS. The molecule has 1 unspecified atom stereocenters. The minimum absolute atomic E-state index is 0.0548. The summed E-state index contributed by atoms with van der Waals surface area (Å²) in [5.41, 5.74) is 8.27. The van der Waals surface area contributed by atoms with Crippen LogP contribution in [0, 0.1) is 0 Å². The number of rotatable bonds is 7. The van der Waals surface area contributed by atoms with E-state index in [-0.39, 0.29) is 6.04 Å². The predicted molar refractivity (Wildman–Crippen MR) is 86.4 cm³/mol. The Kier molecular flexibility index (Phi) is 5.09. The molecule has 0 saturated carbocycles. The van der Waals surface area contributed by atoms with Crippen LogP contribution >= 0.6 is 11.8 Å². The Hall–Kier alpha value is -1.46. The van der Waals surface area contributed by atoms with Crippen LogP contribution in [-0.2, 0) is 6.54 Å². The molecule has 0 bridgehead atoms. The van der Waals surface area contributed by atoms with Crippen LogP contribution < -0.4 is 10.5 Å². The smallest absolute Gasteiger partial charge is 0.127 e. The first-order valence-corrected chi connectivity index (χ1v) is 8.00. The average molecular weight is 291 g/mol. The number of ether oxygens (including phenoxy) is 1. The number of nitrogens with zero attached hydrogens (tertiary/aromatic N) is 2. The zero-order valence-corrected chi connectivity index (χ0v) is 12.8. The van der Waals surface area contributed by atoms with Crippen molar-refractivity contribution in [3.63, 3.8) is 0 Å². The molecule has 108 valence electrons. The van der Waals surface area contributed by atoms with Crippen LogP contribution in [0.4, 0.5) is 0 Å². The third-order valence-corrected chi connectivity index (χ3v) is 3.91. The van der Waals surface area contributed by atoms with Gasteiger partial charge in [0.25, 0.3) is 0 Å². The molecule has 1 aromatic carbocycles. The largest absolute Gasteiger partial charge is 0.497 e. The van der Waals surface area contributed by atoms with Crippen molar-refractivity contribution in [2.45, 2.75) is 19.0 Å². The van der Waals surface area contributed by atoms with E-state index >= 15 is 0 Å². The molecule has 2 rings (SSSR count). The second-order valence-corrected chi connectivity index (χ2v) is 5.60. The Bertz CT molecular complexity index is 594. The number of fused-ring (bicyclic) bond motifs is 1. The van der Waals surface area contributed by atoms with Crippen LogP contribution in [0.3, 0.4) is 0 Å². The molecule has 2 N–H and O–H groups in total. The summed E-state index contributed by atoms with van der Waals surface area (Å²) >= 11 is 1.80. The number of nitrogens with two attached hydrogens (primary N) is 1. The van der Waals surface area contributed by atoms with Gasteiger partial charge in [-0.05, 0) is 30.6 Å². The van der Waals surface area contributed by atoms with Crippen LogP contribution in [0.2, 0.25) is 0 Å². The predicted octanol–water partition coefficient (Wildman–Crippen LogP) is 2.98. The molecule has 5 heteroatoms. The zero-order chi connectivity index (χ0) is 14.5. The Balaban J connectivity index is 2.45. The van der Waals surface area contributed by atoms with Gasteiger partial charge in [0.1, 0.15) is 11.6 Å². The maximum Gasteiger partial charge on any atom is 0.127 e. The van der Waals surface area contributed by atoms with Crippen LogP contribution in [0.1, 0.15) is 18.3 Å². The second-order valence-electron chi connectivity index (χ2n) is 4.61. The van der Waals surface area contributed by atoms with E-state index in [4.69, 9.17) is 15.5 Å². The minimum atomic E-state index is -0.0548. The molecular weight excluding hydrogens is 270 g/mol. The Morgan fingerprint density at radius 3 is 3.00 bits per heavy atom. The number of aromatic nitrogens is 2. The highest BCUT2D eigenvalue weighted by Gasteiger charge is 2.16. The molecule has 0 saturated heterocycles. The monoisotopic (exact) mass is 291 g/mol. The summed E-state index contributed by atoms with van der Waals surface area (Å²) in [5.74, 6) is 2.76. The van der Waals surface area contributed by atoms with E-state index in [9.17, 15) is 0 Å². The minimum Gasteiger partial charge on any atom is -0.497 e. The lowest BCUT2D eigenvalue weighted by atomic mass is 10.2. The summed E-state index contributed by atoms with van der Waals surface area (Å²) in [6.07, 6.45) is 4.87. The van der Waals surface area contributed by atoms with Crippen molar-refractivity contribution in [2.75, 3.05) is 19.1 Å². The van der Waals surface area contributed by atoms with Crippen molar-refractivity contribution >= 4 is 22.8 Å². The van der Waals surface area contributed by atoms with Gasteiger partial charge in [0, 0.05) is 12.6 Å². The number of allylic oxidation sites excluding steroid dienone is 1. The van der Waals surface area contributed by atoms with Crippen molar-refractivity contribution < 1.29 is 4.74 Å². The first kappa shape index (κ1) is 14.9. The molecule has 0 aliphatic rings. The van der Waals surface area contributed by atoms with Gasteiger partial charge in [-0.1, -0.05) is 6.08 Å². The van der Waals surface area contributed by atoms with Gasteiger partial charge in [-0.25, -0.2) is 4.98 Å². The van der Waals surface area contributed by atoms with Gasteiger partial charge in [0.05, 0.1) is 24.2 Å². The number of thioether (sulfide) groups is 1. The van der Waals surface area contributed by atoms with Gasteiger partial charge in [0.15, 0.2) is 0 Å². The summed E-state index contributed by atoms with van der Waals surface area (Å²) in [6.45, 7) is 4.53. The van der Waals surface area contributed by atoms with Gasteiger partial charge < -0.3 is 15.0 Å². The third-order valence-electron chi connectivity index (χ3n) is 3.26. The second kappa shape index (κ2) is 6.81. The fraction of sp³-hybridized carbons (Fsp3) is 0.400. The van der Waals surface area contributed by atoms with Gasteiger partial charge in [-0.3, -0.25) is 0 Å². The normalized spacial score (nSPS) is 12.6. The SMILES string of the molecule is C=CCn1c(C(N)CCSC)nc2cc(OC)ccc21. The fourth-order valence-electron chi connectivity index (χ4n) is 2.23. The standard InChI is InChI=1S/C15H21N3OS/c1-4-8-18-14-6-5-11(19-2)10-13(14)17-15(18)12(16)7-9-20-3/h4-6,10,12H,1,7-9,16H2,2-3H3. The number of methoxy groups -OCH3 is 1. The maximum absolute atomic E-state index is 6.28. The molecule has 0 spiro atoms. The van der Waals surface area contributed by atoms with Crippen LogP contribution in [0.25, 0.3) is 11.0 Å². The number of benzene rings is 1. The van der Waals surface area contributed by atoms with E-state index < -0.39 is 0 Å². The molecule has 20 heavy (non-hydrogen) atoms. The van der Waals surface area contributed by atoms with Crippen molar-refractivity contribution in [1.82, 2.24) is 9.55 Å². The van der Waals surface area contributed by atoms with Crippen LogP contribution in [0.5, 0.6) is 5.75 Å². The van der Waals surface area contributed by atoms with E-state index in [1.807, 2.05) is 24.3 Å². The Morgan fingerprint density at radius 2 is 2.35 bits per heavy atom. The highest BCUT2D eigenvalue weighted by atomic mass is 32.2. The van der Waals surface area contributed by atoms with Gasteiger partial charge in [-0.15, -0.1) is 6.58 Å². The topological polar surface area (TPSA) is 53.1 Å². The summed E-state index contributed by atoms with van der Waals surface area (Å²) < 4.78 is 7.38. The van der Waals surface area contributed by atoms with Gasteiger partial charge >= 0.3 is 0 Å². The van der Waals surface area contributed by atoms with Crippen molar-refractivity contribution in [1.29, 1.82) is 0 Å². The third kappa shape index (κ3) is 2.99. The van der Waals surface area contributed by atoms with Gasteiger partial charge in [0.2, 0.25) is 0 Å². The molecule has 0 fully saturated rings. The lowest BCUT2D eigenvalue weighted by Crippen LogP contribution is -2.17. The first-order valence-electron chi connectivity index (χ1n) is 6.60. The maximum atomic E-state index is 6.28. The molecule has 0 radical (unpaired) electrons. The molecule has 0 aliphatic carbocycles. The molecule has 4 nitrogen and oxygen atoms in total. The molecule has 1 heterocycles. The Labute approximate surface area is 124 Å². The van der Waals surface area contributed by atoms with Crippen molar-refractivity contribution in [3.05, 3.63) is 36.7 Å². The number of imidazole rings is 1. The summed E-state index contributed by atoms with van der Waals surface area (Å²) in [6, 6.07) is 5.86. The van der Waals surface area contributed by atoms with E-state index in [2.05, 4.69) is 17.4 Å². The molecule has 1 atom stereocenters. The molecule has 2 aromatic rings. The summed E-state index contributed by atoms with van der Waals surface area (Å²) in [7, 11) is 1.66. The lowest BCUT2D eigenvalue weighted by molar-refractivity contribution is 0.415. The van der Waals surface area contributed by atoms with Crippen LogP contribution in [-0.4, -0.2) is 28.7 Å². The zero-order valence-electron chi connectivity index (χ0n) is 12.0. The van der Waals surface area contributed by atoms with E-state index in [1.165, 1.54) is 0 Å². The van der Waals surface area contributed by atoms with Crippen molar-refractivity contribution in [2.24, 2.45) is 5.73 Å². The van der Waals surface area contributed by atoms with E-state index in [0.717, 1.165) is 34.8 Å². The highest BCUT2D eigenvalue weighted by Crippen LogP contribution is 2.25. The van der Waals surface area contributed by atoms with Crippen molar-refractivity contribution in [3.8, 4) is 5.75 Å². The lowest BCUT2D eigenvalue weighted by Gasteiger charge is -2.12. The summed E-state index contributed by atoms with van der Waals surface area (Å²) in [4.78, 5) is 4.69. The van der Waals surface area contributed by atoms with E-state index in [0.29, 0.717) is 6.54 Å². The molecule has 0 amide bonds. The van der Waals surface area contributed by atoms with Crippen LogP contribution in [0.15, 0.2) is 30.9 Å². The summed E-state index contributed by atoms with van der Waals surface area (Å²) in [5, 5.41) is 0. The fourth-order valence-corrected chi connectivity index (χ4v) is 2.72. The average Bonchev–Trinajstić information content (AvgIpc) is 2.83. The van der Waals surface area contributed by atoms with Gasteiger partial charge in [-0.2, -0.15) is 11.8 Å². The number of hydrogen-bond acceptors (Lipinski definition) is 4. The van der Waals surface area contributed by atoms with E-state index in [1.54, 1.807) is 18.9 Å². The molecule has 1 aromatic heterocycles. The first-order chi connectivity index (χ1) is 9.71. The molecule has 0 aliphatic heterocycles.